The highest BCUT2D eigenvalue weighted by atomic mass is 19.1. The van der Waals surface area contributed by atoms with Crippen LogP contribution < -0.4 is 5.43 Å². The molecule has 2 N–H and O–H groups in total. The number of hydrazine groups is 1. The van der Waals surface area contributed by atoms with Crippen molar-refractivity contribution in [3.8, 4) is 11.4 Å². The van der Waals surface area contributed by atoms with Gasteiger partial charge in [0.15, 0.2) is 17.7 Å². The monoisotopic (exact) mass is 858 g/mol. The van der Waals surface area contributed by atoms with Gasteiger partial charge in [-0.3, -0.25) is 4.79 Å². The number of aliphatic hydroxyl groups is 1. The van der Waals surface area contributed by atoms with E-state index in [1.54, 1.807) is 27.0 Å². The lowest BCUT2D eigenvalue weighted by Crippen LogP contribution is -2.62. The molecule has 0 saturated carbocycles. The summed E-state index contributed by atoms with van der Waals surface area (Å²) in [7, 11) is 6.56. The normalized spacial score (nSPS) is 37.3. The smallest absolute Gasteiger partial charge is 0.425 e. The number of ether oxygens (including phenoxy) is 5. The van der Waals surface area contributed by atoms with Crippen LogP contribution in [0.3, 0.4) is 0 Å². The summed E-state index contributed by atoms with van der Waals surface area (Å²) in [4.78, 5) is 54.3. The molecule has 4 heterocycles. The van der Waals surface area contributed by atoms with Crippen molar-refractivity contribution in [2.45, 2.75) is 147 Å². The molecule has 1 aromatic heterocycles. The number of fused-ring (bicyclic) bond motifs is 1. The predicted octanol–water partition coefficient (Wildman–Crippen LogP) is 5.17. The lowest BCUT2D eigenvalue weighted by atomic mass is 9.73. The van der Waals surface area contributed by atoms with Gasteiger partial charge in [0.2, 0.25) is 0 Å². The van der Waals surface area contributed by atoms with Crippen LogP contribution >= 0.6 is 0 Å². The van der Waals surface area contributed by atoms with Gasteiger partial charge >= 0.3 is 12.1 Å². The number of nitrogens with one attached hydrogen (secondary N) is 1. The lowest BCUT2D eigenvalue weighted by Gasteiger charge is -2.47. The molecule has 1 aromatic carbocycles. The molecular formula is C44H67FN6O10. The Morgan fingerprint density at radius 2 is 1.75 bits per heavy atom. The first-order valence-electron chi connectivity index (χ1n) is 21.3. The van der Waals surface area contributed by atoms with Gasteiger partial charge < -0.3 is 43.1 Å². The molecule has 3 aliphatic rings. The molecule has 0 aliphatic carbocycles. The quantitative estimate of drug-likeness (QED) is 0.124. The first kappa shape index (κ1) is 48.0. The van der Waals surface area contributed by atoms with E-state index in [1.807, 2.05) is 80.9 Å². The first-order chi connectivity index (χ1) is 28.7. The average Bonchev–Trinajstić information content (AvgIpc) is 3.80. The second-order valence-corrected chi connectivity index (χ2v) is 17.6. The zero-order valence-electron chi connectivity index (χ0n) is 37.8. The number of benzene rings is 1. The second kappa shape index (κ2) is 19.6. The number of aliphatic hydroxyl groups excluding tert-OH is 1. The fourth-order valence-electron chi connectivity index (χ4n) is 9.61. The number of alkyl halides is 1. The molecule has 1 amide bonds. The van der Waals surface area contributed by atoms with Crippen LogP contribution in [0.5, 0.6) is 0 Å². The number of ketones is 1. The van der Waals surface area contributed by atoms with E-state index in [0.717, 1.165) is 18.3 Å². The average molecular weight is 859 g/mol. The van der Waals surface area contributed by atoms with E-state index in [2.05, 4.69) is 15.6 Å². The Morgan fingerprint density at radius 3 is 2.38 bits per heavy atom. The van der Waals surface area contributed by atoms with E-state index >= 15 is 4.39 Å². The number of imidazole rings is 1. The lowest BCUT2D eigenvalue weighted by molar-refractivity contribution is -0.295. The van der Waals surface area contributed by atoms with Crippen molar-refractivity contribution >= 4 is 23.6 Å². The van der Waals surface area contributed by atoms with Crippen LogP contribution in [0, 0.1) is 17.8 Å². The van der Waals surface area contributed by atoms with Gasteiger partial charge in [-0.1, -0.05) is 63.2 Å². The number of hydrogen-bond donors (Lipinski definition) is 2. The van der Waals surface area contributed by atoms with E-state index in [0.29, 0.717) is 31.6 Å². The van der Waals surface area contributed by atoms with E-state index in [9.17, 15) is 19.5 Å². The van der Waals surface area contributed by atoms with E-state index < -0.39 is 83.1 Å². The van der Waals surface area contributed by atoms with Gasteiger partial charge in [0.25, 0.3) is 5.67 Å². The number of carbonyl (C=O) groups excluding carboxylic acids is 3. The maximum Gasteiger partial charge on any atom is 0.425 e. The van der Waals surface area contributed by atoms with Crippen LogP contribution in [0.15, 0.2) is 47.9 Å². The van der Waals surface area contributed by atoms with Crippen molar-refractivity contribution in [3.05, 3.63) is 42.7 Å². The van der Waals surface area contributed by atoms with Crippen molar-refractivity contribution in [2.75, 3.05) is 34.9 Å². The van der Waals surface area contributed by atoms with Crippen molar-refractivity contribution in [1.82, 2.24) is 24.9 Å². The molecule has 17 heteroatoms. The highest BCUT2D eigenvalue weighted by Gasteiger charge is 2.62. The molecule has 3 saturated heterocycles. The molecule has 5 rings (SSSR count). The van der Waals surface area contributed by atoms with E-state index in [4.69, 9.17) is 28.5 Å². The maximum atomic E-state index is 17.0. The zero-order chi connectivity index (χ0) is 45.0. The summed E-state index contributed by atoms with van der Waals surface area (Å²) in [5.74, 6) is -4.19. The minimum absolute atomic E-state index is 0.108. The Kier molecular flexibility index (Phi) is 15.4. The summed E-state index contributed by atoms with van der Waals surface area (Å²) in [6.45, 7) is 14.0. The molecule has 16 nitrogen and oxygen atoms in total. The van der Waals surface area contributed by atoms with Crippen LogP contribution in [0.2, 0.25) is 0 Å². The number of likely N-dealkylation sites (N-methyl/N-ethyl adjacent to an activating group) is 1. The number of halogens is 1. The SMILES string of the molecule is CC[C@H]1OC(=O)[C@@](C)(F)C(=O)C(C)[C@@H](O[C@@H]2O[C@H](C)C[C@H](N(C)C)C2O)[C@](C)(OC)C[C@@H](C)/C(=N\OC)[C@H](C)[C@H]2N(NCCCn3ccnc3-c3ccccc3)C(=O)O[C@]12C. The fourth-order valence-corrected chi connectivity index (χ4v) is 9.61. The van der Waals surface area contributed by atoms with Crippen LogP contribution in [0.1, 0.15) is 81.1 Å². The second-order valence-electron chi connectivity index (χ2n) is 17.6. The largest absolute Gasteiger partial charge is 0.455 e. The van der Waals surface area contributed by atoms with Crippen molar-refractivity contribution < 1.29 is 52.4 Å². The summed E-state index contributed by atoms with van der Waals surface area (Å²) in [6.07, 6.45) is -0.888. The molecule has 13 atom stereocenters. The van der Waals surface area contributed by atoms with Crippen LogP contribution in [-0.4, -0.2) is 143 Å². The Bertz CT molecular complexity index is 1850. The molecule has 3 fully saturated rings. The number of carbonyl (C=O) groups is 3. The number of aryl methyl sites for hydroxylation is 1. The number of methoxy groups -OCH3 is 1. The fraction of sp³-hybridized carbons (Fsp3) is 0.705. The van der Waals surface area contributed by atoms with Gasteiger partial charge in [0, 0.05) is 62.0 Å². The van der Waals surface area contributed by atoms with Crippen molar-refractivity contribution in [1.29, 1.82) is 0 Å². The standard InChI is InChI=1S/C44H67FN6O10/c1-13-32-44(8)35(51(41(55)61-44)47-20-17-22-50-23-21-46-38(50)30-18-15-14-16-19-30)28(4)33(48-57-12)26(2)25-42(6,56-11)37(29(5)36(53)43(7,45)40(54)59-32)60-39-34(52)31(49(9)10)24-27(3)58-39/h14-16,18-19,21,23,26-29,31-32,34-35,37,39,47,52H,13,17,20,22,24-25H2,1-12H3/b48-33+/t26-,27-,28+,29?,31+,32-,34?,35-,37-,39+,42-,43+,44-/m1/s1. The molecule has 61 heavy (non-hydrogen) atoms. The third-order valence-corrected chi connectivity index (χ3v) is 12.9. The molecule has 0 radical (unpaired) electrons. The summed E-state index contributed by atoms with van der Waals surface area (Å²) in [6, 6.07) is 8.60. The zero-order valence-corrected chi connectivity index (χ0v) is 37.8. The molecule has 340 valence electrons. The van der Waals surface area contributed by atoms with Gasteiger partial charge in [-0.25, -0.2) is 29.4 Å². The molecule has 0 spiro atoms. The van der Waals surface area contributed by atoms with Gasteiger partial charge in [0.05, 0.1) is 23.5 Å². The number of oxime groups is 1. The Labute approximate surface area is 359 Å². The third kappa shape index (κ3) is 9.81. The minimum Gasteiger partial charge on any atom is -0.455 e. The number of aromatic nitrogens is 2. The summed E-state index contributed by atoms with van der Waals surface area (Å²) in [5, 5.41) is 17.4. The number of rotatable bonds is 12. The Hall–Kier alpha value is -4.00. The summed E-state index contributed by atoms with van der Waals surface area (Å²) >= 11 is 0. The third-order valence-electron chi connectivity index (χ3n) is 12.9. The number of esters is 1. The Balaban J connectivity index is 1.53. The van der Waals surface area contributed by atoms with Crippen molar-refractivity contribution in [3.63, 3.8) is 0 Å². The van der Waals surface area contributed by atoms with E-state index in [-0.39, 0.29) is 25.0 Å². The van der Waals surface area contributed by atoms with Gasteiger partial charge in [0.1, 0.15) is 31.2 Å². The number of Topliss-reactive ketones (excluding diaryl/α,β-unsaturated/α-hetero) is 1. The first-order valence-corrected chi connectivity index (χ1v) is 21.3. The van der Waals surface area contributed by atoms with Crippen LogP contribution in [0.25, 0.3) is 11.4 Å². The molecule has 0 bridgehead atoms. The molecule has 2 unspecified atom stereocenters. The maximum absolute atomic E-state index is 17.0. The predicted molar refractivity (Wildman–Crippen MR) is 225 cm³/mol. The number of nitrogens with zero attached hydrogens (tertiary/aromatic N) is 5. The van der Waals surface area contributed by atoms with E-state index in [1.165, 1.54) is 26.2 Å². The highest BCUT2D eigenvalue weighted by molar-refractivity contribution is 6.08. The van der Waals surface area contributed by atoms with Crippen molar-refractivity contribution in [2.24, 2.45) is 22.9 Å². The Morgan fingerprint density at radius 1 is 1.07 bits per heavy atom. The number of cyclic esters (lactones) is 1. The topological polar surface area (TPSA) is 176 Å². The van der Waals surface area contributed by atoms with Crippen LogP contribution in [0.4, 0.5) is 9.18 Å². The minimum atomic E-state index is -3.17. The molecular weight excluding hydrogens is 792 g/mol. The number of hydrogen-bond acceptors (Lipinski definition) is 14. The van der Waals surface area contributed by atoms with Gasteiger partial charge in [-0.05, 0) is 67.5 Å². The summed E-state index contributed by atoms with van der Waals surface area (Å²) < 4.78 is 50.1. The van der Waals surface area contributed by atoms with Crippen LogP contribution in [-0.2, 0) is 44.7 Å². The highest BCUT2D eigenvalue weighted by Crippen LogP contribution is 2.43. The molecule has 3 aliphatic heterocycles. The summed E-state index contributed by atoms with van der Waals surface area (Å²) in [5.41, 5.74) is -1.35. The number of amides is 1. The van der Waals surface area contributed by atoms with Gasteiger partial charge in [-0.15, -0.1) is 0 Å². The van der Waals surface area contributed by atoms with Gasteiger partial charge in [-0.2, -0.15) is 0 Å². The molecule has 2 aromatic rings.